The van der Waals surface area contributed by atoms with Crippen molar-refractivity contribution in [2.24, 2.45) is 0 Å². The Labute approximate surface area is 221 Å². The SMILES string of the molecule is C=CCc1cc(/C=C(/C#N)C(=O)Nc2cccc(Cl)c2Cl)cc(OCC)c1OCc1ccc(C)cc1. The van der Waals surface area contributed by atoms with E-state index in [4.69, 9.17) is 32.7 Å². The van der Waals surface area contributed by atoms with E-state index >= 15 is 0 Å². The Morgan fingerprint density at radius 2 is 1.89 bits per heavy atom. The van der Waals surface area contributed by atoms with Gasteiger partial charge in [-0.3, -0.25) is 4.79 Å². The minimum absolute atomic E-state index is 0.105. The molecular weight excluding hydrogens is 495 g/mol. The van der Waals surface area contributed by atoms with Crippen molar-refractivity contribution in [1.82, 2.24) is 0 Å². The number of halogens is 2. The minimum Gasteiger partial charge on any atom is -0.490 e. The van der Waals surface area contributed by atoms with Crippen molar-refractivity contribution < 1.29 is 14.3 Å². The topological polar surface area (TPSA) is 71.4 Å². The van der Waals surface area contributed by atoms with Gasteiger partial charge in [-0.25, -0.2) is 0 Å². The predicted octanol–water partition coefficient (Wildman–Crippen LogP) is 7.55. The maximum absolute atomic E-state index is 12.8. The lowest BCUT2D eigenvalue weighted by Crippen LogP contribution is -2.13. The van der Waals surface area contributed by atoms with Crippen LogP contribution in [0.5, 0.6) is 11.5 Å². The van der Waals surface area contributed by atoms with Crippen molar-refractivity contribution in [2.45, 2.75) is 26.9 Å². The molecule has 1 N–H and O–H groups in total. The molecule has 0 spiro atoms. The van der Waals surface area contributed by atoms with E-state index in [-0.39, 0.29) is 10.6 Å². The van der Waals surface area contributed by atoms with Crippen molar-refractivity contribution in [3.8, 4) is 17.6 Å². The third kappa shape index (κ3) is 6.91. The first-order chi connectivity index (χ1) is 17.4. The number of hydrogen-bond acceptors (Lipinski definition) is 4. The molecule has 0 fully saturated rings. The smallest absolute Gasteiger partial charge is 0.266 e. The monoisotopic (exact) mass is 520 g/mol. The fourth-order valence-corrected chi connectivity index (χ4v) is 3.79. The molecule has 0 aliphatic carbocycles. The van der Waals surface area contributed by atoms with Gasteiger partial charge < -0.3 is 14.8 Å². The number of aryl methyl sites for hydroxylation is 1. The highest BCUT2D eigenvalue weighted by Crippen LogP contribution is 2.36. The number of anilines is 1. The second kappa shape index (κ2) is 12.8. The van der Waals surface area contributed by atoms with Crippen LogP contribution in [-0.4, -0.2) is 12.5 Å². The van der Waals surface area contributed by atoms with Crippen molar-refractivity contribution in [1.29, 1.82) is 5.26 Å². The highest BCUT2D eigenvalue weighted by Gasteiger charge is 2.16. The summed E-state index contributed by atoms with van der Waals surface area (Å²) in [5.41, 5.74) is 3.85. The van der Waals surface area contributed by atoms with Gasteiger partial charge in [-0.2, -0.15) is 5.26 Å². The number of carbonyl (C=O) groups is 1. The number of nitrogens with one attached hydrogen (secondary N) is 1. The highest BCUT2D eigenvalue weighted by atomic mass is 35.5. The summed E-state index contributed by atoms with van der Waals surface area (Å²) in [6.07, 6.45) is 3.76. The lowest BCUT2D eigenvalue weighted by molar-refractivity contribution is -0.112. The lowest BCUT2D eigenvalue weighted by Gasteiger charge is -2.17. The molecule has 184 valence electrons. The number of ether oxygens (including phenoxy) is 2. The quantitative estimate of drug-likeness (QED) is 0.170. The number of hydrogen-bond donors (Lipinski definition) is 1. The predicted molar refractivity (Wildman–Crippen MR) is 146 cm³/mol. The van der Waals surface area contributed by atoms with Crippen LogP contribution in [0.3, 0.4) is 0 Å². The molecule has 0 aliphatic rings. The Kier molecular flexibility index (Phi) is 9.58. The van der Waals surface area contributed by atoms with Gasteiger partial charge in [-0.1, -0.05) is 65.2 Å². The third-order valence-corrected chi connectivity index (χ3v) is 6.02. The molecule has 0 unspecified atom stereocenters. The molecule has 0 bridgehead atoms. The average molecular weight is 521 g/mol. The van der Waals surface area contributed by atoms with Gasteiger partial charge in [0.15, 0.2) is 11.5 Å². The van der Waals surface area contributed by atoms with Crippen molar-refractivity contribution >= 4 is 40.9 Å². The number of allylic oxidation sites excluding steroid dienone is 1. The third-order valence-electron chi connectivity index (χ3n) is 5.20. The summed E-state index contributed by atoms with van der Waals surface area (Å²) in [5, 5.41) is 12.8. The van der Waals surface area contributed by atoms with Gasteiger partial charge in [-0.15, -0.1) is 6.58 Å². The van der Waals surface area contributed by atoms with Crippen molar-refractivity contribution in [2.75, 3.05) is 11.9 Å². The molecule has 0 aliphatic heterocycles. The summed E-state index contributed by atoms with van der Waals surface area (Å²) in [4.78, 5) is 12.8. The fourth-order valence-electron chi connectivity index (χ4n) is 3.45. The zero-order chi connectivity index (χ0) is 26.1. The van der Waals surface area contributed by atoms with E-state index in [1.165, 1.54) is 11.6 Å². The molecule has 3 rings (SSSR count). The Hall–Kier alpha value is -3.72. The number of amides is 1. The van der Waals surface area contributed by atoms with E-state index in [1.807, 2.05) is 50.2 Å². The summed E-state index contributed by atoms with van der Waals surface area (Å²) in [5.74, 6) is 0.513. The Morgan fingerprint density at radius 3 is 2.56 bits per heavy atom. The van der Waals surface area contributed by atoms with Crippen LogP contribution in [0.15, 0.2) is 72.8 Å². The highest BCUT2D eigenvalue weighted by molar-refractivity contribution is 6.44. The Balaban J connectivity index is 1.94. The zero-order valence-electron chi connectivity index (χ0n) is 20.1. The molecule has 0 aromatic heterocycles. The van der Waals surface area contributed by atoms with Crippen LogP contribution in [0.1, 0.15) is 29.2 Å². The van der Waals surface area contributed by atoms with Gasteiger partial charge >= 0.3 is 0 Å². The summed E-state index contributed by atoms with van der Waals surface area (Å²) in [6.45, 7) is 8.54. The van der Waals surface area contributed by atoms with Crippen LogP contribution >= 0.6 is 23.2 Å². The molecule has 0 atom stereocenters. The van der Waals surface area contributed by atoms with Gasteiger partial charge in [0.05, 0.1) is 22.3 Å². The van der Waals surface area contributed by atoms with Gasteiger partial charge in [0.1, 0.15) is 18.2 Å². The fraction of sp³-hybridized carbons (Fsp3) is 0.172. The normalized spacial score (nSPS) is 10.9. The first-order valence-electron chi connectivity index (χ1n) is 11.3. The zero-order valence-corrected chi connectivity index (χ0v) is 21.6. The molecule has 0 saturated heterocycles. The first-order valence-corrected chi connectivity index (χ1v) is 12.1. The van der Waals surface area contributed by atoms with Crippen LogP contribution in [0.4, 0.5) is 5.69 Å². The molecule has 0 radical (unpaired) electrons. The summed E-state index contributed by atoms with van der Waals surface area (Å²) in [6, 6.07) is 18.5. The van der Waals surface area contributed by atoms with E-state index in [0.29, 0.717) is 47.4 Å². The van der Waals surface area contributed by atoms with Crippen molar-refractivity contribution in [3.05, 3.63) is 105 Å². The van der Waals surface area contributed by atoms with Gasteiger partial charge in [-0.05, 0) is 61.7 Å². The first kappa shape index (κ1) is 26.9. The van der Waals surface area contributed by atoms with Gasteiger partial charge in [0.25, 0.3) is 5.91 Å². The summed E-state index contributed by atoms with van der Waals surface area (Å²) >= 11 is 12.2. The average Bonchev–Trinajstić information content (AvgIpc) is 2.86. The summed E-state index contributed by atoms with van der Waals surface area (Å²) in [7, 11) is 0. The maximum atomic E-state index is 12.8. The second-order valence-electron chi connectivity index (χ2n) is 7.93. The van der Waals surface area contributed by atoms with Crippen LogP contribution in [-0.2, 0) is 17.8 Å². The van der Waals surface area contributed by atoms with Crippen LogP contribution in [0, 0.1) is 18.3 Å². The standard InChI is InChI=1S/C29H26Cl2N2O3/c1-4-7-22-14-21(15-23(17-32)29(34)33-25-9-6-8-24(30)27(25)31)16-26(35-5-2)28(22)36-18-20-12-10-19(3)11-13-20/h4,6,8-16H,1,5,7,18H2,2-3H3,(H,33,34)/b23-15-. The number of benzene rings is 3. The maximum Gasteiger partial charge on any atom is 0.266 e. The van der Waals surface area contributed by atoms with E-state index in [0.717, 1.165) is 11.1 Å². The Morgan fingerprint density at radius 1 is 1.14 bits per heavy atom. The van der Waals surface area contributed by atoms with Crippen LogP contribution < -0.4 is 14.8 Å². The van der Waals surface area contributed by atoms with Crippen LogP contribution in [0.25, 0.3) is 6.08 Å². The molecule has 36 heavy (non-hydrogen) atoms. The molecule has 1 amide bonds. The lowest BCUT2D eigenvalue weighted by atomic mass is 10.0. The van der Waals surface area contributed by atoms with E-state index in [1.54, 1.807) is 30.3 Å². The second-order valence-corrected chi connectivity index (χ2v) is 8.72. The molecule has 0 heterocycles. The van der Waals surface area contributed by atoms with E-state index in [2.05, 4.69) is 11.9 Å². The minimum atomic E-state index is -0.607. The molecule has 5 nitrogen and oxygen atoms in total. The van der Waals surface area contributed by atoms with E-state index in [9.17, 15) is 10.1 Å². The largest absolute Gasteiger partial charge is 0.490 e. The number of rotatable bonds is 10. The molecule has 0 saturated carbocycles. The number of nitriles is 1. The van der Waals surface area contributed by atoms with E-state index < -0.39 is 5.91 Å². The number of nitrogens with zero attached hydrogens (tertiary/aromatic N) is 1. The molecule has 3 aromatic rings. The van der Waals surface area contributed by atoms with Crippen LogP contribution in [0.2, 0.25) is 10.0 Å². The molecule has 3 aromatic carbocycles. The molecule has 7 heteroatoms. The van der Waals surface area contributed by atoms with Crippen molar-refractivity contribution in [3.63, 3.8) is 0 Å². The van der Waals surface area contributed by atoms with Gasteiger partial charge in [0, 0.05) is 5.56 Å². The molecular formula is C29H26Cl2N2O3. The summed E-state index contributed by atoms with van der Waals surface area (Å²) < 4.78 is 12.0. The number of carbonyl (C=O) groups excluding carboxylic acids is 1. The Bertz CT molecular complexity index is 1330. The van der Waals surface area contributed by atoms with Gasteiger partial charge in [0.2, 0.25) is 0 Å².